The van der Waals surface area contributed by atoms with E-state index in [1.54, 1.807) is 0 Å². The average molecular weight is 294 g/mol. The number of rotatable bonds is 9. The summed E-state index contributed by atoms with van der Waals surface area (Å²) < 4.78 is 5.44. The number of likely N-dealkylation sites (N-methyl/N-ethyl adjacent to an activating group) is 2. The standard InChI is InChI=1S/C16H30N4O/c1-4-8-17-11-14-10-16(21-18-14)13-19(3)12-15-7-6-9-20(15)5-2/h10,15,17H,4-9,11-13H2,1-3H3. The van der Waals surface area contributed by atoms with Crippen LogP contribution in [-0.2, 0) is 13.1 Å². The fourth-order valence-electron chi connectivity index (χ4n) is 3.12. The predicted octanol–water partition coefficient (Wildman–Crippen LogP) is 2.09. The summed E-state index contributed by atoms with van der Waals surface area (Å²) in [5.41, 5.74) is 1.00. The lowest BCUT2D eigenvalue weighted by molar-refractivity contribution is 0.183. The number of nitrogens with one attached hydrogen (secondary N) is 1. The molecule has 2 rings (SSSR count). The van der Waals surface area contributed by atoms with Crippen molar-refractivity contribution in [2.45, 2.75) is 52.2 Å². The third kappa shape index (κ3) is 5.09. The zero-order valence-electron chi connectivity index (χ0n) is 13.8. The molecule has 5 heteroatoms. The Labute approximate surface area is 128 Å². The van der Waals surface area contributed by atoms with Gasteiger partial charge in [-0.3, -0.25) is 9.80 Å². The van der Waals surface area contributed by atoms with Gasteiger partial charge in [0, 0.05) is 25.2 Å². The van der Waals surface area contributed by atoms with E-state index < -0.39 is 0 Å². The minimum atomic E-state index is 0.702. The molecule has 1 aromatic rings. The molecule has 0 aliphatic carbocycles. The van der Waals surface area contributed by atoms with Crippen molar-refractivity contribution < 1.29 is 4.52 Å². The van der Waals surface area contributed by atoms with E-state index in [9.17, 15) is 0 Å². The highest BCUT2D eigenvalue weighted by Crippen LogP contribution is 2.18. The summed E-state index contributed by atoms with van der Waals surface area (Å²) in [6.07, 6.45) is 3.80. The number of nitrogens with zero attached hydrogens (tertiary/aromatic N) is 3. The lowest BCUT2D eigenvalue weighted by Gasteiger charge is -2.27. The van der Waals surface area contributed by atoms with Gasteiger partial charge in [0.05, 0.1) is 12.2 Å². The first-order valence-electron chi connectivity index (χ1n) is 8.30. The molecule has 120 valence electrons. The second kappa shape index (κ2) is 8.51. The van der Waals surface area contributed by atoms with Crippen LogP contribution in [0.5, 0.6) is 0 Å². The van der Waals surface area contributed by atoms with Gasteiger partial charge < -0.3 is 9.84 Å². The van der Waals surface area contributed by atoms with Crippen molar-refractivity contribution in [3.8, 4) is 0 Å². The Bertz CT molecular complexity index is 407. The van der Waals surface area contributed by atoms with E-state index in [0.29, 0.717) is 6.04 Å². The van der Waals surface area contributed by atoms with Crippen LogP contribution in [0.2, 0.25) is 0 Å². The molecule has 21 heavy (non-hydrogen) atoms. The quantitative estimate of drug-likeness (QED) is 0.707. The fourth-order valence-corrected chi connectivity index (χ4v) is 3.12. The second-order valence-electron chi connectivity index (χ2n) is 6.08. The highest BCUT2D eigenvalue weighted by Gasteiger charge is 2.24. The van der Waals surface area contributed by atoms with Crippen LogP contribution in [0, 0.1) is 0 Å². The zero-order valence-corrected chi connectivity index (χ0v) is 13.8. The zero-order chi connectivity index (χ0) is 15.1. The van der Waals surface area contributed by atoms with Gasteiger partial charge >= 0.3 is 0 Å². The lowest BCUT2D eigenvalue weighted by atomic mass is 10.2. The van der Waals surface area contributed by atoms with Crippen molar-refractivity contribution in [2.75, 3.05) is 33.2 Å². The molecule has 2 heterocycles. The van der Waals surface area contributed by atoms with E-state index in [1.165, 1.54) is 19.4 Å². The van der Waals surface area contributed by atoms with Crippen molar-refractivity contribution in [3.05, 3.63) is 17.5 Å². The van der Waals surface area contributed by atoms with Crippen LogP contribution in [0.1, 0.15) is 44.6 Å². The SMILES string of the molecule is CCCNCc1cc(CN(C)CC2CCCN2CC)on1. The second-order valence-corrected chi connectivity index (χ2v) is 6.08. The fraction of sp³-hybridized carbons (Fsp3) is 0.812. The Kier molecular flexibility index (Phi) is 6.67. The summed E-state index contributed by atoms with van der Waals surface area (Å²) in [6.45, 7) is 10.6. The highest BCUT2D eigenvalue weighted by atomic mass is 16.5. The first-order valence-corrected chi connectivity index (χ1v) is 8.30. The number of hydrogen-bond donors (Lipinski definition) is 1. The van der Waals surface area contributed by atoms with Gasteiger partial charge in [0.2, 0.25) is 0 Å². The summed E-state index contributed by atoms with van der Waals surface area (Å²) >= 11 is 0. The van der Waals surface area contributed by atoms with Crippen LogP contribution < -0.4 is 5.32 Å². The smallest absolute Gasteiger partial charge is 0.151 e. The van der Waals surface area contributed by atoms with E-state index in [-0.39, 0.29) is 0 Å². The van der Waals surface area contributed by atoms with Crippen molar-refractivity contribution in [1.82, 2.24) is 20.3 Å². The monoisotopic (exact) mass is 294 g/mol. The molecular formula is C16H30N4O. The Hall–Kier alpha value is -0.910. The maximum atomic E-state index is 5.44. The molecule has 1 aliphatic rings. The molecule has 1 N–H and O–H groups in total. The molecule has 0 spiro atoms. The molecule has 0 aromatic carbocycles. The molecule has 5 nitrogen and oxygen atoms in total. The molecule has 1 fully saturated rings. The summed E-state index contributed by atoms with van der Waals surface area (Å²) in [4.78, 5) is 4.93. The van der Waals surface area contributed by atoms with Gasteiger partial charge in [-0.2, -0.15) is 0 Å². The maximum absolute atomic E-state index is 5.44. The largest absolute Gasteiger partial charge is 0.360 e. The highest BCUT2D eigenvalue weighted by molar-refractivity contribution is 5.05. The van der Waals surface area contributed by atoms with Gasteiger partial charge in [-0.1, -0.05) is 19.0 Å². The van der Waals surface area contributed by atoms with Gasteiger partial charge in [0.15, 0.2) is 5.76 Å². The van der Waals surface area contributed by atoms with Gasteiger partial charge in [0.25, 0.3) is 0 Å². The summed E-state index contributed by atoms with van der Waals surface area (Å²) in [7, 11) is 2.17. The van der Waals surface area contributed by atoms with Gasteiger partial charge in [-0.05, 0) is 45.9 Å². The first kappa shape index (κ1) is 16.5. The van der Waals surface area contributed by atoms with Crippen LogP contribution in [0.25, 0.3) is 0 Å². The molecule has 0 amide bonds. The molecule has 1 saturated heterocycles. The van der Waals surface area contributed by atoms with Crippen LogP contribution in [0.4, 0.5) is 0 Å². The minimum absolute atomic E-state index is 0.702. The van der Waals surface area contributed by atoms with Gasteiger partial charge in [0.1, 0.15) is 0 Å². The van der Waals surface area contributed by atoms with Crippen LogP contribution in [0.3, 0.4) is 0 Å². The molecule has 1 aromatic heterocycles. The lowest BCUT2D eigenvalue weighted by Crippen LogP contribution is -2.38. The Morgan fingerprint density at radius 1 is 1.48 bits per heavy atom. The molecule has 0 saturated carbocycles. The Morgan fingerprint density at radius 2 is 2.33 bits per heavy atom. The summed E-state index contributed by atoms with van der Waals surface area (Å²) in [5.74, 6) is 0.965. The van der Waals surface area contributed by atoms with E-state index in [0.717, 1.165) is 50.6 Å². The summed E-state index contributed by atoms with van der Waals surface area (Å²) in [5, 5.41) is 7.48. The van der Waals surface area contributed by atoms with Crippen molar-refractivity contribution >= 4 is 0 Å². The molecule has 1 unspecified atom stereocenters. The van der Waals surface area contributed by atoms with Gasteiger partial charge in [-0.25, -0.2) is 0 Å². The first-order chi connectivity index (χ1) is 10.2. The third-order valence-corrected chi connectivity index (χ3v) is 4.19. The normalized spacial score (nSPS) is 19.7. The molecule has 0 radical (unpaired) electrons. The topological polar surface area (TPSA) is 44.5 Å². The van der Waals surface area contributed by atoms with E-state index in [4.69, 9.17) is 4.52 Å². The van der Waals surface area contributed by atoms with Crippen LogP contribution in [0.15, 0.2) is 10.6 Å². The maximum Gasteiger partial charge on any atom is 0.151 e. The van der Waals surface area contributed by atoms with Gasteiger partial charge in [-0.15, -0.1) is 0 Å². The molecular weight excluding hydrogens is 264 g/mol. The van der Waals surface area contributed by atoms with Crippen molar-refractivity contribution in [1.29, 1.82) is 0 Å². The summed E-state index contributed by atoms with van der Waals surface area (Å²) in [6, 6.07) is 2.78. The number of likely N-dealkylation sites (tertiary alicyclic amines) is 1. The molecule has 1 atom stereocenters. The van der Waals surface area contributed by atoms with E-state index in [1.807, 2.05) is 0 Å². The van der Waals surface area contributed by atoms with Crippen molar-refractivity contribution in [2.24, 2.45) is 0 Å². The Balaban J connectivity index is 1.75. The molecule has 1 aliphatic heterocycles. The minimum Gasteiger partial charge on any atom is -0.360 e. The average Bonchev–Trinajstić information content (AvgIpc) is 3.08. The number of hydrogen-bond acceptors (Lipinski definition) is 5. The Morgan fingerprint density at radius 3 is 3.10 bits per heavy atom. The predicted molar refractivity (Wildman–Crippen MR) is 85.1 cm³/mol. The van der Waals surface area contributed by atoms with Crippen molar-refractivity contribution in [3.63, 3.8) is 0 Å². The van der Waals surface area contributed by atoms with Crippen LogP contribution in [-0.4, -0.2) is 54.2 Å². The van der Waals surface area contributed by atoms with E-state index in [2.05, 4.69) is 47.2 Å². The number of aromatic nitrogens is 1. The molecule has 0 bridgehead atoms. The van der Waals surface area contributed by atoms with E-state index >= 15 is 0 Å². The van der Waals surface area contributed by atoms with Crippen LogP contribution >= 0.6 is 0 Å². The third-order valence-electron chi connectivity index (χ3n) is 4.19.